The third-order valence-electron chi connectivity index (χ3n) is 3.87. The van der Waals surface area contributed by atoms with Crippen molar-refractivity contribution in [3.8, 4) is 5.75 Å². The van der Waals surface area contributed by atoms with E-state index in [1.54, 1.807) is 27.4 Å². The first-order valence-corrected chi connectivity index (χ1v) is 8.85. The lowest BCUT2D eigenvalue weighted by Gasteiger charge is -2.28. The van der Waals surface area contributed by atoms with Crippen LogP contribution in [0.15, 0.2) is 36.9 Å². The summed E-state index contributed by atoms with van der Waals surface area (Å²) < 4.78 is 32.4. The summed E-state index contributed by atoms with van der Waals surface area (Å²) in [6.07, 6.45) is 1.10. The first-order valence-electron chi connectivity index (χ1n) is 8.85. The van der Waals surface area contributed by atoms with Crippen molar-refractivity contribution < 1.29 is 33.5 Å². The van der Waals surface area contributed by atoms with E-state index < -0.39 is 18.3 Å². The van der Waals surface area contributed by atoms with Crippen LogP contribution in [0.3, 0.4) is 0 Å². The zero-order chi connectivity index (χ0) is 19.9. The van der Waals surface area contributed by atoms with Crippen LogP contribution in [-0.2, 0) is 30.3 Å². The van der Waals surface area contributed by atoms with Gasteiger partial charge in [0.05, 0.1) is 32.5 Å². The van der Waals surface area contributed by atoms with Crippen LogP contribution in [0.4, 0.5) is 0 Å². The van der Waals surface area contributed by atoms with Crippen molar-refractivity contribution in [3.05, 3.63) is 42.5 Å². The molecule has 0 heterocycles. The van der Waals surface area contributed by atoms with Gasteiger partial charge in [-0.15, -0.1) is 6.58 Å². The Morgan fingerprint density at radius 3 is 2.19 bits per heavy atom. The largest absolute Gasteiger partial charge is 0.497 e. The normalized spacial score (nSPS) is 14.5. The predicted octanol–water partition coefficient (Wildman–Crippen LogP) is 2.52. The molecule has 27 heavy (non-hydrogen) atoms. The van der Waals surface area contributed by atoms with E-state index in [2.05, 4.69) is 6.58 Å². The van der Waals surface area contributed by atoms with E-state index in [1.165, 1.54) is 0 Å². The molecule has 0 aliphatic rings. The van der Waals surface area contributed by atoms with Crippen LogP contribution in [0.2, 0.25) is 0 Å². The first kappa shape index (κ1) is 23.6. The number of ether oxygens (including phenoxy) is 6. The maximum atomic E-state index is 10.1. The van der Waals surface area contributed by atoms with E-state index in [0.717, 1.165) is 11.3 Å². The fourth-order valence-electron chi connectivity index (χ4n) is 2.47. The molecule has 0 amide bonds. The summed E-state index contributed by atoms with van der Waals surface area (Å²) >= 11 is 0. The van der Waals surface area contributed by atoms with Crippen LogP contribution >= 0.6 is 0 Å². The highest BCUT2D eigenvalue weighted by Crippen LogP contribution is 2.16. The van der Waals surface area contributed by atoms with E-state index in [-0.39, 0.29) is 20.2 Å². The van der Waals surface area contributed by atoms with E-state index >= 15 is 0 Å². The maximum Gasteiger partial charge on any atom is 0.146 e. The van der Waals surface area contributed by atoms with E-state index in [1.807, 2.05) is 24.3 Å². The zero-order valence-electron chi connectivity index (χ0n) is 16.5. The summed E-state index contributed by atoms with van der Waals surface area (Å²) in [5.74, 6) is 0.796. The molecule has 0 aliphatic heterocycles. The quantitative estimate of drug-likeness (QED) is 0.347. The predicted molar refractivity (Wildman–Crippen MR) is 102 cm³/mol. The molecule has 154 valence electrons. The van der Waals surface area contributed by atoms with Crippen molar-refractivity contribution >= 4 is 0 Å². The second kappa shape index (κ2) is 14.6. The van der Waals surface area contributed by atoms with Crippen molar-refractivity contribution in [1.82, 2.24) is 0 Å². The fourth-order valence-corrected chi connectivity index (χ4v) is 2.47. The highest BCUT2D eigenvalue weighted by Gasteiger charge is 2.26. The van der Waals surface area contributed by atoms with Crippen LogP contribution in [-0.4, -0.2) is 64.9 Å². The molecule has 0 aliphatic carbocycles. The summed E-state index contributed by atoms with van der Waals surface area (Å²) in [6.45, 7) is 4.54. The van der Waals surface area contributed by atoms with Gasteiger partial charge in [-0.2, -0.15) is 0 Å². The molecule has 0 saturated heterocycles. The molecule has 1 aromatic rings. The number of aliphatic hydroxyl groups is 1. The van der Waals surface area contributed by atoms with Gasteiger partial charge in [-0.3, -0.25) is 0 Å². The minimum Gasteiger partial charge on any atom is -0.497 e. The molecule has 3 atom stereocenters. The van der Waals surface area contributed by atoms with Crippen molar-refractivity contribution in [2.75, 3.05) is 41.5 Å². The molecule has 0 unspecified atom stereocenters. The fraction of sp³-hybridized carbons (Fsp3) is 0.600. The molecule has 1 aromatic carbocycles. The Morgan fingerprint density at radius 2 is 1.63 bits per heavy atom. The lowest BCUT2D eigenvalue weighted by Crippen LogP contribution is -2.39. The van der Waals surface area contributed by atoms with Crippen LogP contribution in [0.25, 0.3) is 0 Å². The van der Waals surface area contributed by atoms with Gasteiger partial charge in [0, 0.05) is 20.6 Å². The smallest absolute Gasteiger partial charge is 0.146 e. The Kier molecular flexibility index (Phi) is 12.7. The molecule has 7 nitrogen and oxygen atoms in total. The lowest BCUT2D eigenvalue weighted by atomic mass is 10.0. The number of hydrogen-bond acceptors (Lipinski definition) is 7. The van der Waals surface area contributed by atoms with Gasteiger partial charge in [0.25, 0.3) is 0 Å². The topological polar surface area (TPSA) is 75.6 Å². The molecule has 0 radical (unpaired) electrons. The van der Waals surface area contributed by atoms with Gasteiger partial charge in [0.1, 0.15) is 25.4 Å². The molecule has 0 fully saturated rings. The summed E-state index contributed by atoms with van der Waals surface area (Å²) in [5.41, 5.74) is 1.02. The molecule has 0 bridgehead atoms. The molecule has 7 heteroatoms. The molecule has 0 saturated carbocycles. The van der Waals surface area contributed by atoms with Crippen LogP contribution in [0.1, 0.15) is 18.4 Å². The summed E-state index contributed by atoms with van der Waals surface area (Å²) in [5, 5.41) is 10.1. The minimum absolute atomic E-state index is 0.0940. The summed E-state index contributed by atoms with van der Waals surface area (Å²) in [6, 6.07) is 7.65. The van der Waals surface area contributed by atoms with Crippen molar-refractivity contribution in [2.45, 2.75) is 37.8 Å². The van der Waals surface area contributed by atoms with Gasteiger partial charge in [-0.25, -0.2) is 0 Å². The molecular weight excluding hydrogens is 352 g/mol. The number of benzene rings is 1. The average molecular weight is 384 g/mol. The standard InChI is InChI=1S/C20H32O7/c1-5-6-17(21)11-19(26-14-22-2)20(27-15-23-3)13-25-12-16-7-9-18(24-4)10-8-16/h5,7-10,17,19-21H,1,6,11-15H2,2-4H3/t17-,19-,20-/m1/s1. The third kappa shape index (κ3) is 9.86. The Hall–Kier alpha value is -1.48. The molecule has 0 spiro atoms. The second-order valence-electron chi connectivity index (χ2n) is 6.00. The van der Waals surface area contributed by atoms with Crippen LogP contribution in [0.5, 0.6) is 5.75 Å². The van der Waals surface area contributed by atoms with Gasteiger partial charge in [0.2, 0.25) is 0 Å². The maximum absolute atomic E-state index is 10.1. The molecule has 0 aromatic heterocycles. The van der Waals surface area contributed by atoms with Gasteiger partial charge in [-0.1, -0.05) is 18.2 Å². The highest BCUT2D eigenvalue weighted by molar-refractivity contribution is 5.26. The number of hydrogen-bond donors (Lipinski definition) is 1. The van der Waals surface area contributed by atoms with Crippen LogP contribution in [0, 0.1) is 0 Å². The Bertz CT molecular complexity index is 492. The van der Waals surface area contributed by atoms with Crippen LogP contribution < -0.4 is 4.74 Å². The second-order valence-corrected chi connectivity index (χ2v) is 6.00. The molecular formula is C20H32O7. The molecule has 1 rings (SSSR count). The molecule has 1 N–H and O–H groups in total. The Balaban J connectivity index is 2.65. The van der Waals surface area contributed by atoms with Gasteiger partial charge < -0.3 is 33.5 Å². The van der Waals surface area contributed by atoms with E-state index in [0.29, 0.717) is 19.4 Å². The van der Waals surface area contributed by atoms with Gasteiger partial charge in [0.15, 0.2) is 0 Å². The number of aliphatic hydroxyl groups excluding tert-OH is 1. The monoisotopic (exact) mass is 384 g/mol. The zero-order valence-corrected chi connectivity index (χ0v) is 16.5. The lowest BCUT2D eigenvalue weighted by molar-refractivity contribution is -0.180. The first-order chi connectivity index (χ1) is 13.1. The SMILES string of the molecule is C=CC[C@@H](O)C[C@@H](OCOC)[C@@H](COCc1ccc(OC)cc1)OCOC. The third-order valence-corrected chi connectivity index (χ3v) is 3.87. The minimum atomic E-state index is -0.584. The number of rotatable bonds is 16. The van der Waals surface area contributed by atoms with E-state index in [4.69, 9.17) is 28.4 Å². The summed E-state index contributed by atoms with van der Waals surface area (Å²) in [7, 11) is 4.72. The summed E-state index contributed by atoms with van der Waals surface area (Å²) in [4.78, 5) is 0. The van der Waals surface area contributed by atoms with Gasteiger partial charge in [-0.05, 0) is 24.1 Å². The van der Waals surface area contributed by atoms with Crippen molar-refractivity contribution in [2.24, 2.45) is 0 Å². The van der Waals surface area contributed by atoms with Crippen molar-refractivity contribution in [1.29, 1.82) is 0 Å². The Morgan fingerprint density at radius 1 is 1.00 bits per heavy atom. The average Bonchev–Trinajstić information content (AvgIpc) is 2.68. The van der Waals surface area contributed by atoms with Gasteiger partial charge >= 0.3 is 0 Å². The number of methoxy groups -OCH3 is 3. The highest BCUT2D eigenvalue weighted by atomic mass is 16.7. The van der Waals surface area contributed by atoms with E-state index in [9.17, 15) is 5.11 Å². The van der Waals surface area contributed by atoms with Crippen molar-refractivity contribution in [3.63, 3.8) is 0 Å². The Labute approximate surface area is 161 Å².